The maximum absolute atomic E-state index is 11.7. The minimum absolute atomic E-state index is 0.0823. The molecule has 0 radical (unpaired) electrons. The third-order valence-corrected chi connectivity index (χ3v) is 5.92. The molecule has 1 aromatic heterocycles. The summed E-state index contributed by atoms with van der Waals surface area (Å²) in [6, 6.07) is 3.05. The number of hydrogen-bond donors (Lipinski definition) is 1. The van der Waals surface area contributed by atoms with E-state index in [2.05, 4.69) is 19.2 Å². The van der Waals surface area contributed by atoms with Gasteiger partial charge in [-0.2, -0.15) is 0 Å². The van der Waals surface area contributed by atoms with Gasteiger partial charge in [0, 0.05) is 22.1 Å². The van der Waals surface area contributed by atoms with Crippen molar-refractivity contribution in [2.24, 2.45) is 5.92 Å². The van der Waals surface area contributed by atoms with E-state index in [0.717, 1.165) is 30.6 Å². The maximum Gasteiger partial charge on any atom is 0.270 e. The SMILES string of the molecule is CC(C)CCCCNC(=O)Cc1ccc(S(=O)(=O)Cl)s1. The molecular formula is C13H20ClNO3S2. The first-order valence-electron chi connectivity index (χ1n) is 6.59. The highest BCUT2D eigenvalue weighted by molar-refractivity contribution is 8.15. The molecule has 4 nitrogen and oxygen atoms in total. The lowest BCUT2D eigenvalue weighted by atomic mass is 10.1. The van der Waals surface area contributed by atoms with Gasteiger partial charge >= 0.3 is 0 Å². The number of hydrogen-bond acceptors (Lipinski definition) is 4. The first-order valence-corrected chi connectivity index (χ1v) is 9.71. The topological polar surface area (TPSA) is 63.2 Å². The number of carbonyl (C=O) groups is 1. The predicted octanol–water partition coefficient (Wildman–Crippen LogP) is 3.16. The van der Waals surface area contributed by atoms with Crippen LogP contribution in [0.3, 0.4) is 0 Å². The molecule has 0 bridgehead atoms. The molecular weight excluding hydrogens is 318 g/mol. The summed E-state index contributed by atoms with van der Waals surface area (Å²) in [5, 5.41) is 2.84. The number of thiophene rings is 1. The lowest BCUT2D eigenvalue weighted by molar-refractivity contribution is -0.120. The second-order valence-corrected chi connectivity index (χ2v) is 9.04. The van der Waals surface area contributed by atoms with E-state index in [4.69, 9.17) is 10.7 Å². The van der Waals surface area contributed by atoms with E-state index in [1.165, 1.54) is 6.07 Å². The first-order chi connectivity index (χ1) is 9.29. The van der Waals surface area contributed by atoms with Gasteiger partial charge in [0.25, 0.3) is 9.05 Å². The largest absolute Gasteiger partial charge is 0.356 e. The van der Waals surface area contributed by atoms with Gasteiger partial charge in [-0.25, -0.2) is 8.42 Å². The minimum atomic E-state index is -3.69. The van der Waals surface area contributed by atoms with Gasteiger partial charge in [0.2, 0.25) is 5.91 Å². The molecule has 0 aliphatic heterocycles. The normalized spacial score (nSPS) is 11.8. The Morgan fingerprint density at radius 2 is 2.05 bits per heavy atom. The highest BCUT2D eigenvalue weighted by Crippen LogP contribution is 2.24. The Balaban J connectivity index is 2.31. The number of halogens is 1. The van der Waals surface area contributed by atoms with E-state index >= 15 is 0 Å². The van der Waals surface area contributed by atoms with Crippen LogP contribution in [0.1, 0.15) is 38.0 Å². The molecule has 0 fully saturated rings. The zero-order valence-electron chi connectivity index (χ0n) is 11.7. The second-order valence-electron chi connectivity index (χ2n) is 5.07. The van der Waals surface area contributed by atoms with Crippen LogP contribution in [-0.4, -0.2) is 20.9 Å². The van der Waals surface area contributed by atoms with Crippen LogP contribution in [0.2, 0.25) is 0 Å². The van der Waals surface area contributed by atoms with Crippen molar-refractivity contribution in [2.75, 3.05) is 6.54 Å². The van der Waals surface area contributed by atoms with Crippen molar-refractivity contribution < 1.29 is 13.2 Å². The number of unbranched alkanes of at least 4 members (excludes halogenated alkanes) is 1. The minimum Gasteiger partial charge on any atom is -0.356 e. The molecule has 0 atom stereocenters. The standard InChI is InChI=1S/C13H20ClNO3S2/c1-10(2)5-3-4-8-15-12(16)9-11-6-7-13(19-11)20(14,17)18/h6-7,10H,3-5,8-9H2,1-2H3,(H,15,16). The summed E-state index contributed by atoms with van der Waals surface area (Å²) in [6.07, 6.45) is 3.43. The molecule has 0 unspecified atom stereocenters. The maximum atomic E-state index is 11.7. The van der Waals surface area contributed by atoms with Crippen LogP contribution in [0.15, 0.2) is 16.3 Å². The van der Waals surface area contributed by atoms with Crippen LogP contribution in [0.5, 0.6) is 0 Å². The number of carbonyl (C=O) groups excluding carboxylic acids is 1. The van der Waals surface area contributed by atoms with E-state index in [1.54, 1.807) is 6.07 Å². The Bertz CT molecular complexity index is 538. The third-order valence-electron chi connectivity index (χ3n) is 2.74. The summed E-state index contributed by atoms with van der Waals surface area (Å²) in [5.41, 5.74) is 0. The molecule has 0 aliphatic rings. The zero-order valence-corrected chi connectivity index (χ0v) is 14.1. The van der Waals surface area contributed by atoms with E-state index in [1.807, 2.05) is 0 Å². The molecule has 1 aromatic rings. The molecule has 1 amide bonds. The highest BCUT2D eigenvalue weighted by atomic mass is 35.7. The van der Waals surface area contributed by atoms with Crippen molar-refractivity contribution >= 4 is 37.0 Å². The summed E-state index contributed by atoms with van der Waals surface area (Å²) in [6.45, 7) is 5.02. The molecule has 7 heteroatoms. The van der Waals surface area contributed by atoms with Crippen molar-refractivity contribution in [3.8, 4) is 0 Å². The Kier molecular flexibility index (Phi) is 6.99. The zero-order chi connectivity index (χ0) is 15.2. The number of nitrogens with one attached hydrogen (secondary N) is 1. The Hall–Kier alpha value is -0.590. The predicted molar refractivity (Wildman–Crippen MR) is 82.8 cm³/mol. The molecule has 0 saturated heterocycles. The van der Waals surface area contributed by atoms with E-state index in [0.29, 0.717) is 17.3 Å². The number of amides is 1. The van der Waals surface area contributed by atoms with Crippen LogP contribution in [0.25, 0.3) is 0 Å². The van der Waals surface area contributed by atoms with Crippen LogP contribution in [0, 0.1) is 5.92 Å². The van der Waals surface area contributed by atoms with E-state index < -0.39 is 9.05 Å². The first kappa shape index (κ1) is 17.5. The van der Waals surface area contributed by atoms with Gasteiger partial charge < -0.3 is 5.32 Å². The molecule has 0 aromatic carbocycles. The molecule has 0 spiro atoms. The fraction of sp³-hybridized carbons (Fsp3) is 0.615. The smallest absolute Gasteiger partial charge is 0.270 e. The lowest BCUT2D eigenvalue weighted by Gasteiger charge is -2.06. The van der Waals surface area contributed by atoms with Crippen molar-refractivity contribution in [1.29, 1.82) is 0 Å². The summed E-state index contributed by atoms with van der Waals surface area (Å²) in [4.78, 5) is 12.4. The molecule has 114 valence electrons. The van der Waals surface area contributed by atoms with Gasteiger partial charge in [0.05, 0.1) is 6.42 Å². The molecule has 0 saturated carbocycles. The fourth-order valence-corrected chi connectivity index (χ4v) is 3.83. The monoisotopic (exact) mass is 337 g/mol. The summed E-state index contributed by atoms with van der Waals surface area (Å²) in [5.74, 6) is 0.600. The van der Waals surface area contributed by atoms with Crippen molar-refractivity contribution in [1.82, 2.24) is 5.32 Å². The average Bonchev–Trinajstić information content (AvgIpc) is 2.76. The van der Waals surface area contributed by atoms with E-state index in [9.17, 15) is 13.2 Å². The summed E-state index contributed by atoms with van der Waals surface area (Å²) < 4.78 is 22.3. The van der Waals surface area contributed by atoms with Crippen LogP contribution in [-0.2, 0) is 20.3 Å². The third kappa shape index (κ3) is 6.72. The van der Waals surface area contributed by atoms with Gasteiger partial charge in [-0.3, -0.25) is 4.79 Å². The van der Waals surface area contributed by atoms with Gasteiger partial charge in [-0.15, -0.1) is 11.3 Å². The molecule has 1 N–H and O–H groups in total. The second kappa shape index (κ2) is 8.00. The van der Waals surface area contributed by atoms with Crippen LogP contribution >= 0.6 is 22.0 Å². The Labute approximate surface area is 129 Å². The highest BCUT2D eigenvalue weighted by Gasteiger charge is 2.14. The average molecular weight is 338 g/mol. The van der Waals surface area contributed by atoms with Gasteiger partial charge in [-0.05, 0) is 24.5 Å². The Morgan fingerprint density at radius 1 is 1.35 bits per heavy atom. The molecule has 1 rings (SSSR count). The van der Waals surface area contributed by atoms with Crippen molar-refractivity contribution in [3.63, 3.8) is 0 Å². The number of rotatable bonds is 8. The van der Waals surface area contributed by atoms with Gasteiger partial charge in [-0.1, -0.05) is 26.7 Å². The van der Waals surface area contributed by atoms with Gasteiger partial charge in [0.1, 0.15) is 4.21 Å². The molecule has 20 heavy (non-hydrogen) atoms. The van der Waals surface area contributed by atoms with E-state index in [-0.39, 0.29) is 16.5 Å². The molecule has 1 heterocycles. The fourth-order valence-electron chi connectivity index (χ4n) is 1.71. The Morgan fingerprint density at radius 3 is 2.60 bits per heavy atom. The van der Waals surface area contributed by atoms with Crippen LogP contribution in [0.4, 0.5) is 0 Å². The van der Waals surface area contributed by atoms with Crippen molar-refractivity contribution in [3.05, 3.63) is 17.0 Å². The van der Waals surface area contributed by atoms with Crippen molar-refractivity contribution in [2.45, 2.75) is 43.7 Å². The van der Waals surface area contributed by atoms with Gasteiger partial charge in [0.15, 0.2) is 0 Å². The lowest BCUT2D eigenvalue weighted by Crippen LogP contribution is -2.25. The molecule has 0 aliphatic carbocycles. The summed E-state index contributed by atoms with van der Waals surface area (Å²) in [7, 11) is 1.54. The quantitative estimate of drug-likeness (QED) is 0.585. The summed E-state index contributed by atoms with van der Waals surface area (Å²) >= 11 is 1.04. The van der Waals surface area contributed by atoms with Crippen LogP contribution < -0.4 is 5.32 Å².